The molecule has 20 heavy (non-hydrogen) atoms. The molecule has 2 rings (SSSR count). The maximum Gasteiger partial charge on any atom is 0.0762 e. The SMILES string of the molecule is CCCNC(c1cccc(C)c1C)c1c(Br)cnn1C. The van der Waals surface area contributed by atoms with E-state index >= 15 is 0 Å². The fourth-order valence-corrected chi connectivity index (χ4v) is 3.05. The molecule has 0 fully saturated rings. The Morgan fingerprint density at radius 1 is 1.35 bits per heavy atom. The molecule has 2 aromatic rings. The standard InChI is InChI=1S/C16H22BrN3/c1-5-9-18-15(16-14(17)10-19-20(16)4)13-8-6-7-11(2)12(13)3/h6-8,10,15,18H,5,9H2,1-4H3. The number of halogens is 1. The highest BCUT2D eigenvalue weighted by atomic mass is 79.9. The van der Waals surface area contributed by atoms with Crippen LogP contribution in [-0.2, 0) is 7.05 Å². The summed E-state index contributed by atoms with van der Waals surface area (Å²) in [5, 5.41) is 8.00. The van der Waals surface area contributed by atoms with Gasteiger partial charge in [0.05, 0.1) is 22.4 Å². The topological polar surface area (TPSA) is 29.9 Å². The number of nitrogens with one attached hydrogen (secondary N) is 1. The van der Waals surface area contributed by atoms with Crippen LogP contribution in [0.4, 0.5) is 0 Å². The summed E-state index contributed by atoms with van der Waals surface area (Å²) in [4.78, 5) is 0. The van der Waals surface area contributed by atoms with Gasteiger partial charge >= 0.3 is 0 Å². The molecule has 1 N–H and O–H groups in total. The monoisotopic (exact) mass is 335 g/mol. The van der Waals surface area contributed by atoms with Crippen LogP contribution in [0.1, 0.15) is 41.8 Å². The van der Waals surface area contributed by atoms with Crippen molar-refractivity contribution in [3.8, 4) is 0 Å². The number of rotatable bonds is 5. The summed E-state index contributed by atoms with van der Waals surface area (Å²) in [5.41, 5.74) is 5.16. The molecule has 0 radical (unpaired) electrons. The van der Waals surface area contributed by atoms with Gasteiger partial charge in [-0.25, -0.2) is 0 Å². The molecule has 0 amide bonds. The number of hydrogen-bond donors (Lipinski definition) is 1. The average Bonchev–Trinajstić information content (AvgIpc) is 2.75. The number of aromatic nitrogens is 2. The first-order chi connectivity index (χ1) is 9.56. The summed E-state index contributed by atoms with van der Waals surface area (Å²) < 4.78 is 2.99. The predicted molar refractivity (Wildman–Crippen MR) is 87.0 cm³/mol. The van der Waals surface area contributed by atoms with Gasteiger partial charge in [0.25, 0.3) is 0 Å². The molecule has 1 atom stereocenters. The lowest BCUT2D eigenvalue weighted by Gasteiger charge is -2.22. The molecule has 1 aromatic carbocycles. The largest absolute Gasteiger partial charge is 0.305 e. The van der Waals surface area contributed by atoms with Gasteiger partial charge in [0.1, 0.15) is 0 Å². The zero-order valence-corrected chi connectivity index (χ0v) is 14.2. The third-order valence-electron chi connectivity index (χ3n) is 3.77. The van der Waals surface area contributed by atoms with Gasteiger partial charge in [-0.2, -0.15) is 5.10 Å². The van der Waals surface area contributed by atoms with E-state index in [0.29, 0.717) is 0 Å². The molecule has 0 aliphatic carbocycles. The number of hydrogen-bond acceptors (Lipinski definition) is 2. The van der Waals surface area contributed by atoms with Crippen LogP contribution in [0.2, 0.25) is 0 Å². The lowest BCUT2D eigenvalue weighted by atomic mass is 9.95. The smallest absolute Gasteiger partial charge is 0.0762 e. The zero-order chi connectivity index (χ0) is 14.7. The van der Waals surface area contributed by atoms with Gasteiger partial charge in [-0.05, 0) is 59.4 Å². The van der Waals surface area contributed by atoms with E-state index in [1.54, 1.807) is 0 Å². The summed E-state index contributed by atoms with van der Waals surface area (Å²) in [6.07, 6.45) is 2.97. The van der Waals surface area contributed by atoms with E-state index in [1.165, 1.54) is 22.4 Å². The molecule has 0 aliphatic heterocycles. The Morgan fingerprint density at radius 3 is 2.70 bits per heavy atom. The molecular weight excluding hydrogens is 314 g/mol. The van der Waals surface area contributed by atoms with Crippen LogP contribution in [0.3, 0.4) is 0 Å². The predicted octanol–water partition coefficient (Wildman–Crippen LogP) is 3.89. The van der Waals surface area contributed by atoms with Crippen molar-refractivity contribution in [3.05, 3.63) is 51.3 Å². The first-order valence-corrected chi connectivity index (χ1v) is 7.82. The maximum absolute atomic E-state index is 4.35. The van der Waals surface area contributed by atoms with Crippen molar-refractivity contribution < 1.29 is 0 Å². The average molecular weight is 336 g/mol. The normalized spacial score (nSPS) is 12.7. The second-order valence-electron chi connectivity index (χ2n) is 5.18. The first kappa shape index (κ1) is 15.3. The van der Waals surface area contributed by atoms with Crippen molar-refractivity contribution >= 4 is 15.9 Å². The Kier molecular flexibility index (Phi) is 5.00. The van der Waals surface area contributed by atoms with E-state index in [2.05, 4.69) is 65.3 Å². The Morgan fingerprint density at radius 2 is 2.10 bits per heavy atom. The van der Waals surface area contributed by atoms with Gasteiger partial charge in [-0.1, -0.05) is 25.1 Å². The van der Waals surface area contributed by atoms with Crippen molar-refractivity contribution in [3.63, 3.8) is 0 Å². The molecule has 0 bridgehead atoms. The molecule has 1 aromatic heterocycles. The van der Waals surface area contributed by atoms with E-state index < -0.39 is 0 Å². The fourth-order valence-electron chi connectivity index (χ4n) is 2.47. The molecule has 0 aliphatic rings. The highest BCUT2D eigenvalue weighted by Crippen LogP contribution is 2.30. The van der Waals surface area contributed by atoms with Crippen molar-refractivity contribution in [1.82, 2.24) is 15.1 Å². The molecule has 1 unspecified atom stereocenters. The summed E-state index contributed by atoms with van der Waals surface area (Å²) in [6, 6.07) is 6.66. The van der Waals surface area contributed by atoms with Crippen molar-refractivity contribution in [1.29, 1.82) is 0 Å². The van der Waals surface area contributed by atoms with Gasteiger partial charge in [0, 0.05) is 7.05 Å². The maximum atomic E-state index is 4.35. The highest BCUT2D eigenvalue weighted by Gasteiger charge is 2.22. The molecule has 0 saturated carbocycles. The fraction of sp³-hybridized carbons (Fsp3) is 0.438. The van der Waals surface area contributed by atoms with Crippen LogP contribution in [0.25, 0.3) is 0 Å². The van der Waals surface area contributed by atoms with Crippen LogP contribution >= 0.6 is 15.9 Å². The van der Waals surface area contributed by atoms with Crippen LogP contribution in [0.5, 0.6) is 0 Å². The van der Waals surface area contributed by atoms with Crippen molar-refractivity contribution in [2.75, 3.05) is 6.54 Å². The minimum Gasteiger partial charge on any atom is -0.305 e. The third-order valence-corrected chi connectivity index (χ3v) is 4.38. The Balaban J connectivity index is 2.50. The molecule has 0 spiro atoms. The molecular formula is C16H22BrN3. The molecule has 108 valence electrons. The van der Waals surface area contributed by atoms with Crippen LogP contribution < -0.4 is 5.32 Å². The second kappa shape index (κ2) is 6.55. The number of nitrogens with zero attached hydrogens (tertiary/aromatic N) is 2. The van der Waals surface area contributed by atoms with Gasteiger partial charge in [0.15, 0.2) is 0 Å². The van der Waals surface area contributed by atoms with Gasteiger partial charge in [-0.15, -0.1) is 0 Å². The summed E-state index contributed by atoms with van der Waals surface area (Å²) >= 11 is 3.63. The molecule has 3 nitrogen and oxygen atoms in total. The van der Waals surface area contributed by atoms with E-state index in [4.69, 9.17) is 0 Å². The minimum atomic E-state index is 0.164. The van der Waals surface area contributed by atoms with E-state index in [-0.39, 0.29) is 6.04 Å². The lowest BCUT2D eigenvalue weighted by Crippen LogP contribution is -2.26. The van der Waals surface area contributed by atoms with Crippen molar-refractivity contribution in [2.24, 2.45) is 7.05 Å². The second-order valence-corrected chi connectivity index (χ2v) is 6.03. The van der Waals surface area contributed by atoms with E-state index in [1.807, 2.05) is 17.9 Å². The zero-order valence-electron chi connectivity index (χ0n) is 12.6. The Hall–Kier alpha value is -1.13. The van der Waals surface area contributed by atoms with Crippen molar-refractivity contribution in [2.45, 2.75) is 33.2 Å². The molecule has 0 saturated heterocycles. The highest BCUT2D eigenvalue weighted by molar-refractivity contribution is 9.10. The quantitative estimate of drug-likeness (QED) is 0.898. The summed E-state index contributed by atoms with van der Waals surface area (Å²) in [6.45, 7) is 7.52. The molecule has 1 heterocycles. The lowest BCUT2D eigenvalue weighted by molar-refractivity contribution is 0.550. The number of benzene rings is 1. The number of aryl methyl sites for hydroxylation is 2. The van der Waals surface area contributed by atoms with Gasteiger partial charge in [-0.3, -0.25) is 4.68 Å². The first-order valence-electron chi connectivity index (χ1n) is 7.03. The molecule has 4 heteroatoms. The van der Waals surface area contributed by atoms with Gasteiger partial charge < -0.3 is 5.32 Å². The summed E-state index contributed by atoms with van der Waals surface area (Å²) in [5.74, 6) is 0. The third kappa shape index (κ3) is 2.96. The Labute approximate surface area is 129 Å². The van der Waals surface area contributed by atoms with Crippen LogP contribution in [-0.4, -0.2) is 16.3 Å². The van der Waals surface area contributed by atoms with Crippen LogP contribution in [0.15, 0.2) is 28.9 Å². The van der Waals surface area contributed by atoms with E-state index in [9.17, 15) is 0 Å². The van der Waals surface area contributed by atoms with Gasteiger partial charge in [0.2, 0.25) is 0 Å². The van der Waals surface area contributed by atoms with E-state index in [0.717, 1.165) is 17.4 Å². The van der Waals surface area contributed by atoms with Crippen LogP contribution in [0, 0.1) is 13.8 Å². The minimum absolute atomic E-state index is 0.164. The summed E-state index contributed by atoms with van der Waals surface area (Å²) in [7, 11) is 1.99. The Bertz CT molecular complexity index is 570.